The Kier molecular flexibility index (Phi) is 5.05. The molecule has 0 fully saturated rings. The Morgan fingerprint density at radius 3 is 2.90 bits per heavy atom. The van der Waals surface area contributed by atoms with Gasteiger partial charge in [-0.3, -0.25) is 4.79 Å². The highest BCUT2D eigenvalue weighted by Crippen LogP contribution is 2.24. The fourth-order valence-corrected chi connectivity index (χ4v) is 2.60. The smallest absolute Gasteiger partial charge is 0.272 e. The molecule has 2 rings (SSSR count). The SMILES string of the molecule is CCCn1cc(Br)cc1C(=O)Nc1cc(C#N)ccc1Cl. The van der Waals surface area contributed by atoms with E-state index in [9.17, 15) is 4.79 Å². The first-order valence-corrected chi connectivity index (χ1v) is 7.59. The fraction of sp³-hybridized carbons (Fsp3) is 0.200. The number of carbonyl (C=O) groups is 1. The van der Waals surface area contributed by atoms with Crippen molar-refractivity contribution in [3.8, 4) is 6.07 Å². The van der Waals surface area contributed by atoms with Gasteiger partial charge in [-0.15, -0.1) is 0 Å². The first kappa shape index (κ1) is 15.6. The average molecular weight is 367 g/mol. The van der Waals surface area contributed by atoms with Crippen LogP contribution in [0.3, 0.4) is 0 Å². The van der Waals surface area contributed by atoms with Gasteiger partial charge >= 0.3 is 0 Å². The monoisotopic (exact) mass is 365 g/mol. The molecule has 1 heterocycles. The summed E-state index contributed by atoms with van der Waals surface area (Å²) in [4.78, 5) is 12.4. The summed E-state index contributed by atoms with van der Waals surface area (Å²) in [5.41, 5.74) is 1.42. The van der Waals surface area contributed by atoms with Gasteiger partial charge in [-0.25, -0.2) is 0 Å². The minimum absolute atomic E-state index is 0.258. The molecule has 1 aromatic carbocycles. The topological polar surface area (TPSA) is 57.8 Å². The van der Waals surface area contributed by atoms with E-state index < -0.39 is 0 Å². The van der Waals surface area contributed by atoms with Crippen molar-refractivity contribution in [1.82, 2.24) is 4.57 Å². The lowest BCUT2D eigenvalue weighted by Crippen LogP contribution is -2.17. The van der Waals surface area contributed by atoms with Gasteiger partial charge in [0.2, 0.25) is 0 Å². The van der Waals surface area contributed by atoms with Crippen molar-refractivity contribution >= 4 is 39.1 Å². The highest BCUT2D eigenvalue weighted by atomic mass is 79.9. The van der Waals surface area contributed by atoms with Crippen molar-refractivity contribution in [2.75, 3.05) is 5.32 Å². The van der Waals surface area contributed by atoms with Crippen LogP contribution in [0.5, 0.6) is 0 Å². The molecule has 1 N–H and O–H groups in total. The number of nitrogens with one attached hydrogen (secondary N) is 1. The molecular weight excluding hydrogens is 354 g/mol. The third-order valence-electron chi connectivity index (χ3n) is 2.90. The third-order valence-corrected chi connectivity index (χ3v) is 3.67. The summed E-state index contributed by atoms with van der Waals surface area (Å²) in [5, 5.41) is 12.1. The van der Waals surface area contributed by atoms with Gasteiger partial charge in [0.1, 0.15) is 5.69 Å². The van der Waals surface area contributed by atoms with Crippen molar-refractivity contribution in [2.24, 2.45) is 0 Å². The molecule has 0 spiro atoms. The van der Waals surface area contributed by atoms with Crippen LogP contribution >= 0.6 is 27.5 Å². The molecule has 108 valence electrons. The van der Waals surface area contributed by atoms with Crippen LogP contribution in [0.25, 0.3) is 0 Å². The average Bonchev–Trinajstić information content (AvgIpc) is 2.82. The Morgan fingerprint density at radius 2 is 2.24 bits per heavy atom. The Labute approximate surface area is 136 Å². The van der Waals surface area contributed by atoms with Gasteiger partial charge in [-0.2, -0.15) is 5.26 Å². The number of amides is 1. The number of hydrogen-bond acceptors (Lipinski definition) is 2. The first-order valence-electron chi connectivity index (χ1n) is 6.41. The molecule has 4 nitrogen and oxygen atoms in total. The van der Waals surface area contributed by atoms with Crippen molar-refractivity contribution in [3.05, 3.63) is 51.2 Å². The van der Waals surface area contributed by atoms with E-state index in [1.165, 1.54) is 0 Å². The van der Waals surface area contributed by atoms with Gasteiger partial charge in [0.05, 0.1) is 22.3 Å². The van der Waals surface area contributed by atoms with Crippen LogP contribution in [0.15, 0.2) is 34.9 Å². The summed E-state index contributed by atoms with van der Waals surface area (Å²) < 4.78 is 2.72. The normalized spacial score (nSPS) is 10.2. The van der Waals surface area contributed by atoms with Gasteiger partial charge in [0, 0.05) is 17.2 Å². The van der Waals surface area contributed by atoms with E-state index in [1.807, 2.05) is 23.8 Å². The lowest BCUT2D eigenvalue weighted by molar-refractivity contribution is 0.101. The van der Waals surface area contributed by atoms with Gasteiger partial charge in [0.25, 0.3) is 5.91 Å². The summed E-state index contributed by atoms with van der Waals surface area (Å²) in [6.45, 7) is 2.79. The van der Waals surface area contributed by atoms with Crippen LogP contribution in [-0.4, -0.2) is 10.5 Å². The number of anilines is 1. The van der Waals surface area contributed by atoms with Crippen LogP contribution in [0, 0.1) is 11.3 Å². The predicted molar refractivity (Wildman–Crippen MR) is 86.5 cm³/mol. The quantitative estimate of drug-likeness (QED) is 0.869. The molecule has 0 aliphatic carbocycles. The van der Waals surface area contributed by atoms with Crippen LogP contribution < -0.4 is 5.32 Å². The second-order valence-corrected chi connectivity index (χ2v) is 5.82. The van der Waals surface area contributed by atoms with Crippen molar-refractivity contribution < 1.29 is 4.79 Å². The third kappa shape index (κ3) is 3.66. The second-order valence-electron chi connectivity index (χ2n) is 4.50. The van der Waals surface area contributed by atoms with E-state index >= 15 is 0 Å². The number of nitrogens with zero attached hydrogens (tertiary/aromatic N) is 2. The number of benzene rings is 1. The number of nitriles is 1. The van der Waals surface area contributed by atoms with E-state index in [1.54, 1.807) is 24.3 Å². The standard InChI is InChI=1S/C15H13BrClN3O/c1-2-5-20-9-11(16)7-14(20)15(21)19-13-6-10(8-18)3-4-12(13)17/h3-4,6-7,9H,2,5H2,1H3,(H,19,21). The van der Waals surface area contributed by atoms with Crippen LogP contribution in [0.4, 0.5) is 5.69 Å². The molecule has 1 amide bonds. The van der Waals surface area contributed by atoms with Crippen LogP contribution in [0.2, 0.25) is 5.02 Å². The number of halogens is 2. The summed E-state index contributed by atoms with van der Waals surface area (Å²) in [6.07, 6.45) is 2.79. The summed E-state index contributed by atoms with van der Waals surface area (Å²) in [7, 11) is 0. The lowest BCUT2D eigenvalue weighted by Gasteiger charge is -2.10. The summed E-state index contributed by atoms with van der Waals surface area (Å²) in [5.74, 6) is -0.258. The van der Waals surface area contributed by atoms with E-state index in [0.29, 0.717) is 22.0 Å². The lowest BCUT2D eigenvalue weighted by atomic mass is 10.2. The summed E-state index contributed by atoms with van der Waals surface area (Å²) in [6, 6.07) is 8.54. The molecular formula is C15H13BrClN3O. The largest absolute Gasteiger partial charge is 0.342 e. The van der Waals surface area contributed by atoms with E-state index in [-0.39, 0.29) is 5.91 Å². The molecule has 1 aromatic heterocycles. The number of aromatic nitrogens is 1. The number of aryl methyl sites for hydroxylation is 1. The Bertz CT molecular complexity index is 718. The summed E-state index contributed by atoms with van der Waals surface area (Å²) >= 11 is 9.42. The fourth-order valence-electron chi connectivity index (χ4n) is 1.97. The molecule has 0 saturated carbocycles. The van der Waals surface area contributed by atoms with Gasteiger partial charge in [-0.05, 0) is 46.6 Å². The molecule has 0 radical (unpaired) electrons. The molecule has 21 heavy (non-hydrogen) atoms. The van der Waals surface area contributed by atoms with Gasteiger partial charge in [-0.1, -0.05) is 18.5 Å². The maximum absolute atomic E-state index is 12.4. The van der Waals surface area contributed by atoms with Crippen molar-refractivity contribution in [3.63, 3.8) is 0 Å². The van der Waals surface area contributed by atoms with Crippen molar-refractivity contribution in [2.45, 2.75) is 19.9 Å². The zero-order valence-corrected chi connectivity index (χ0v) is 13.7. The predicted octanol–water partition coefficient (Wildman–Crippen LogP) is 4.44. The Hall–Kier alpha value is -1.77. The molecule has 0 aliphatic heterocycles. The molecule has 2 aromatic rings. The molecule has 0 saturated heterocycles. The molecule has 0 unspecified atom stereocenters. The van der Waals surface area contributed by atoms with E-state index in [0.717, 1.165) is 17.4 Å². The maximum atomic E-state index is 12.4. The molecule has 0 bridgehead atoms. The molecule has 0 aliphatic rings. The minimum atomic E-state index is -0.258. The highest BCUT2D eigenvalue weighted by molar-refractivity contribution is 9.10. The van der Waals surface area contributed by atoms with E-state index in [2.05, 4.69) is 21.2 Å². The van der Waals surface area contributed by atoms with Crippen molar-refractivity contribution in [1.29, 1.82) is 5.26 Å². The number of hydrogen-bond donors (Lipinski definition) is 1. The number of carbonyl (C=O) groups excluding carboxylic acids is 1. The molecule has 6 heteroatoms. The van der Waals surface area contributed by atoms with Crippen LogP contribution in [0.1, 0.15) is 29.4 Å². The Morgan fingerprint density at radius 1 is 1.48 bits per heavy atom. The second kappa shape index (κ2) is 6.79. The first-order chi connectivity index (χ1) is 10.0. The highest BCUT2D eigenvalue weighted by Gasteiger charge is 2.14. The van der Waals surface area contributed by atoms with Gasteiger partial charge < -0.3 is 9.88 Å². The number of rotatable bonds is 4. The van der Waals surface area contributed by atoms with Crippen LogP contribution in [-0.2, 0) is 6.54 Å². The maximum Gasteiger partial charge on any atom is 0.272 e. The van der Waals surface area contributed by atoms with E-state index in [4.69, 9.17) is 16.9 Å². The zero-order chi connectivity index (χ0) is 15.4. The Balaban J connectivity index is 2.28. The van der Waals surface area contributed by atoms with Gasteiger partial charge in [0.15, 0.2) is 0 Å². The zero-order valence-electron chi connectivity index (χ0n) is 11.4. The molecule has 0 atom stereocenters. The minimum Gasteiger partial charge on any atom is -0.342 e.